The average Bonchev–Trinajstić information content (AvgIpc) is 2.99. The van der Waals surface area contributed by atoms with Crippen LogP contribution in [0.15, 0.2) is 47.4 Å². The van der Waals surface area contributed by atoms with Crippen molar-refractivity contribution in [2.75, 3.05) is 24.7 Å². The molecule has 28 heavy (non-hydrogen) atoms. The van der Waals surface area contributed by atoms with Crippen molar-refractivity contribution in [2.45, 2.75) is 36.6 Å². The molecule has 0 aromatic heterocycles. The van der Waals surface area contributed by atoms with Crippen molar-refractivity contribution >= 4 is 29.3 Å². The summed E-state index contributed by atoms with van der Waals surface area (Å²) in [7, 11) is 1.66. The molecule has 1 unspecified atom stereocenters. The van der Waals surface area contributed by atoms with Gasteiger partial charge < -0.3 is 15.0 Å². The minimum atomic E-state index is -0.0204. The number of benzene rings is 2. The van der Waals surface area contributed by atoms with Crippen LogP contribution >= 0.6 is 11.8 Å². The molecule has 1 fully saturated rings. The molecule has 0 radical (unpaired) electrons. The SMILES string of the molecule is COc1ccc(C2CCCCCN2C(=O)c2ccc3c(c2)NC(=O)CS3)cc1. The van der Waals surface area contributed by atoms with Crippen LogP contribution in [0.25, 0.3) is 0 Å². The molecule has 2 heterocycles. The van der Waals surface area contributed by atoms with Crippen molar-refractivity contribution in [3.05, 3.63) is 53.6 Å². The number of hydrogen-bond acceptors (Lipinski definition) is 4. The van der Waals surface area contributed by atoms with E-state index in [2.05, 4.69) is 17.4 Å². The molecule has 2 aromatic rings. The Bertz CT molecular complexity index is 882. The molecule has 1 saturated heterocycles. The van der Waals surface area contributed by atoms with Gasteiger partial charge >= 0.3 is 0 Å². The minimum Gasteiger partial charge on any atom is -0.497 e. The van der Waals surface area contributed by atoms with Crippen molar-refractivity contribution in [1.29, 1.82) is 0 Å². The van der Waals surface area contributed by atoms with Crippen molar-refractivity contribution in [2.24, 2.45) is 0 Å². The molecule has 2 aromatic carbocycles. The first-order valence-electron chi connectivity index (χ1n) is 9.67. The third-order valence-corrected chi connectivity index (χ3v) is 6.45. The zero-order chi connectivity index (χ0) is 19.5. The van der Waals surface area contributed by atoms with E-state index in [1.54, 1.807) is 7.11 Å². The molecule has 4 rings (SSSR count). The van der Waals surface area contributed by atoms with Crippen LogP contribution in [0.2, 0.25) is 0 Å². The first-order chi connectivity index (χ1) is 13.7. The molecule has 6 heteroatoms. The van der Waals surface area contributed by atoms with Gasteiger partial charge in [0.15, 0.2) is 0 Å². The Hall–Kier alpha value is -2.47. The molecule has 2 aliphatic heterocycles. The zero-order valence-corrected chi connectivity index (χ0v) is 16.8. The van der Waals surface area contributed by atoms with Crippen LogP contribution < -0.4 is 10.1 Å². The number of nitrogens with one attached hydrogen (secondary N) is 1. The highest BCUT2D eigenvalue weighted by Gasteiger charge is 2.28. The van der Waals surface area contributed by atoms with Crippen LogP contribution in [-0.4, -0.2) is 36.1 Å². The van der Waals surface area contributed by atoms with Gasteiger partial charge in [-0.2, -0.15) is 0 Å². The van der Waals surface area contributed by atoms with Gasteiger partial charge in [-0.15, -0.1) is 11.8 Å². The van der Waals surface area contributed by atoms with Crippen LogP contribution in [-0.2, 0) is 4.79 Å². The second-order valence-electron chi connectivity index (χ2n) is 7.18. The molecule has 0 saturated carbocycles. The molecule has 1 N–H and O–H groups in total. The monoisotopic (exact) mass is 396 g/mol. The summed E-state index contributed by atoms with van der Waals surface area (Å²) in [6.07, 6.45) is 4.20. The van der Waals surface area contributed by atoms with E-state index in [-0.39, 0.29) is 17.9 Å². The van der Waals surface area contributed by atoms with Gasteiger partial charge in [0, 0.05) is 17.0 Å². The lowest BCUT2D eigenvalue weighted by Gasteiger charge is -2.31. The molecule has 2 aliphatic rings. The number of anilines is 1. The highest BCUT2D eigenvalue weighted by Crippen LogP contribution is 2.35. The fourth-order valence-electron chi connectivity index (χ4n) is 3.91. The molecule has 0 bridgehead atoms. The number of rotatable bonds is 3. The molecule has 0 spiro atoms. The number of ether oxygens (including phenoxy) is 1. The van der Waals surface area contributed by atoms with Gasteiger partial charge in [0.05, 0.1) is 24.6 Å². The van der Waals surface area contributed by atoms with Crippen LogP contribution in [0.5, 0.6) is 5.75 Å². The number of carbonyl (C=O) groups excluding carboxylic acids is 2. The van der Waals surface area contributed by atoms with Crippen molar-refractivity contribution in [3.8, 4) is 5.75 Å². The number of likely N-dealkylation sites (tertiary alicyclic amines) is 1. The number of fused-ring (bicyclic) bond motifs is 1. The lowest BCUT2D eigenvalue weighted by Crippen LogP contribution is -2.35. The maximum Gasteiger partial charge on any atom is 0.254 e. The standard InChI is InChI=1S/C22H24N2O3S/c1-27-17-9-6-15(7-10-17)19-5-3-2-4-12-24(19)22(26)16-8-11-20-18(13-16)23-21(25)14-28-20/h6-11,13,19H,2-5,12,14H2,1H3,(H,23,25). The number of methoxy groups -OCH3 is 1. The minimum absolute atomic E-state index is 0.0204. The summed E-state index contributed by atoms with van der Waals surface area (Å²) in [6.45, 7) is 0.744. The van der Waals surface area contributed by atoms with Gasteiger partial charge in [-0.3, -0.25) is 9.59 Å². The third-order valence-electron chi connectivity index (χ3n) is 5.37. The maximum absolute atomic E-state index is 13.4. The topological polar surface area (TPSA) is 58.6 Å². The van der Waals surface area contributed by atoms with Crippen LogP contribution in [0.1, 0.15) is 47.6 Å². The van der Waals surface area contributed by atoms with E-state index in [0.717, 1.165) is 54.1 Å². The summed E-state index contributed by atoms with van der Waals surface area (Å²) in [5.41, 5.74) is 2.50. The molecule has 0 aliphatic carbocycles. The van der Waals surface area contributed by atoms with Crippen molar-refractivity contribution in [3.63, 3.8) is 0 Å². The maximum atomic E-state index is 13.4. The predicted octanol–water partition coefficient (Wildman–Crippen LogP) is 4.50. The van der Waals surface area contributed by atoms with Crippen LogP contribution in [0, 0.1) is 0 Å². The smallest absolute Gasteiger partial charge is 0.254 e. The molecular weight excluding hydrogens is 372 g/mol. The van der Waals surface area contributed by atoms with Crippen LogP contribution in [0.4, 0.5) is 5.69 Å². The van der Waals surface area contributed by atoms with E-state index in [1.807, 2.05) is 35.2 Å². The van der Waals surface area contributed by atoms with Gasteiger partial charge in [0.2, 0.25) is 5.91 Å². The first kappa shape index (κ1) is 18.9. The Labute approximate surface area is 169 Å². The van der Waals surface area contributed by atoms with Crippen molar-refractivity contribution in [1.82, 2.24) is 4.90 Å². The zero-order valence-electron chi connectivity index (χ0n) is 15.9. The number of amides is 2. The Morgan fingerprint density at radius 3 is 2.75 bits per heavy atom. The predicted molar refractivity (Wildman–Crippen MR) is 111 cm³/mol. The Kier molecular flexibility index (Phi) is 5.57. The molecule has 1 atom stereocenters. The quantitative estimate of drug-likeness (QED) is 0.830. The summed E-state index contributed by atoms with van der Waals surface area (Å²) >= 11 is 1.51. The molecule has 2 amide bonds. The van der Waals surface area contributed by atoms with Gasteiger partial charge in [-0.05, 0) is 48.7 Å². The summed E-state index contributed by atoms with van der Waals surface area (Å²) < 4.78 is 5.27. The molecule has 5 nitrogen and oxygen atoms in total. The fourth-order valence-corrected chi connectivity index (χ4v) is 4.69. The van der Waals surface area contributed by atoms with E-state index < -0.39 is 0 Å². The first-order valence-corrected chi connectivity index (χ1v) is 10.7. The van der Waals surface area contributed by atoms with E-state index in [1.165, 1.54) is 11.8 Å². The fraction of sp³-hybridized carbons (Fsp3) is 0.364. The molecule has 146 valence electrons. The van der Waals surface area contributed by atoms with E-state index >= 15 is 0 Å². The van der Waals surface area contributed by atoms with E-state index in [9.17, 15) is 9.59 Å². The Balaban J connectivity index is 1.63. The van der Waals surface area contributed by atoms with Crippen molar-refractivity contribution < 1.29 is 14.3 Å². The number of carbonyl (C=O) groups is 2. The second kappa shape index (κ2) is 8.27. The lowest BCUT2D eigenvalue weighted by molar-refractivity contribution is -0.113. The average molecular weight is 397 g/mol. The number of hydrogen-bond donors (Lipinski definition) is 1. The lowest BCUT2D eigenvalue weighted by atomic mass is 9.99. The van der Waals surface area contributed by atoms with Gasteiger partial charge in [-0.25, -0.2) is 0 Å². The van der Waals surface area contributed by atoms with Crippen LogP contribution in [0.3, 0.4) is 0 Å². The number of nitrogens with zero attached hydrogens (tertiary/aromatic N) is 1. The summed E-state index contributed by atoms with van der Waals surface area (Å²) in [5.74, 6) is 1.24. The van der Waals surface area contributed by atoms with Gasteiger partial charge in [-0.1, -0.05) is 25.0 Å². The summed E-state index contributed by atoms with van der Waals surface area (Å²) in [4.78, 5) is 28.1. The third kappa shape index (κ3) is 3.87. The summed E-state index contributed by atoms with van der Waals surface area (Å²) in [6, 6.07) is 13.7. The summed E-state index contributed by atoms with van der Waals surface area (Å²) in [5, 5.41) is 2.88. The van der Waals surface area contributed by atoms with E-state index in [0.29, 0.717) is 11.3 Å². The molecular formula is C22H24N2O3S. The largest absolute Gasteiger partial charge is 0.497 e. The normalized spacial score (nSPS) is 19.4. The number of thioether (sulfide) groups is 1. The highest BCUT2D eigenvalue weighted by molar-refractivity contribution is 8.00. The van der Waals surface area contributed by atoms with Gasteiger partial charge in [0.25, 0.3) is 5.91 Å². The van der Waals surface area contributed by atoms with E-state index in [4.69, 9.17) is 4.74 Å². The Morgan fingerprint density at radius 1 is 1.14 bits per heavy atom. The Morgan fingerprint density at radius 2 is 1.96 bits per heavy atom. The van der Waals surface area contributed by atoms with Gasteiger partial charge in [0.1, 0.15) is 5.75 Å². The second-order valence-corrected chi connectivity index (χ2v) is 8.20. The highest BCUT2D eigenvalue weighted by atomic mass is 32.2.